The van der Waals surface area contributed by atoms with Crippen LogP contribution in [0.15, 0.2) is 60.2 Å². The summed E-state index contributed by atoms with van der Waals surface area (Å²) in [5.41, 5.74) is 1.31. The molecular weight excluding hydrogens is 548 g/mol. The van der Waals surface area contributed by atoms with Crippen LogP contribution < -0.4 is 28.6 Å². The molecule has 11 heteroatoms. The number of aliphatic hydroxyl groups excluding tert-OH is 1. The van der Waals surface area contributed by atoms with Crippen LogP contribution in [0.3, 0.4) is 0 Å². The van der Waals surface area contributed by atoms with Crippen molar-refractivity contribution in [3.8, 4) is 28.7 Å². The number of carbonyl (C=O) groups is 2. The first-order valence-corrected chi connectivity index (χ1v) is 13.5. The molecule has 1 aromatic heterocycles. The zero-order valence-electron chi connectivity index (χ0n) is 23.1. The predicted octanol–water partition coefficient (Wildman–Crippen LogP) is 5.36. The highest BCUT2D eigenvalue weighted by Crippen LogP contribution is 2.48. The molecule has 1 amide bonds. The first-order chi connectivity index (χ1) is 19.8. The van der Waals surface area contributed by atoms with Crippen molar-refractivity contribution < 1.29 is 38.4 Å². The van der Waals surface area contributed by atoms with E-state index in [0.29, 0.717) is 52.0 Å². The van der Waals surface area contributed by atoms with Gasteiger partial charge < -0.3 is 28.8 Å². The Morgan fingerprint density at radius 3 is 2.15 bits per heavy atom. The van der Waals surface area contributed by atoms with Gasteiger partial charge in [-0.2, -0.15) is 0 Å². The van der Waals surface area contributed by atoms with Gasteiger partial charge in [-0.1, -0.05) is 11.3 Å². The number of carbonyl (C=O) groups excluding carboxylic acids is 2. The van der Waals surface area contributed by atoms with Crippen LogP contribution in [0.4, 0.5) is 5.13 Å². The number of thiazole rings is 1. The second kappa shape index (κ2) is 11.4. The number of rotatable bonds is 9. The summed E-state index contributed by atoms with van der Waals surface area (Å²) in [6, 6.07) is 14.2. The number of aliphatic hydroxyl groups is 1. The van der Waals surface area contributed by atoms with Crippen LogP contribution >= 0.6 is 11.3 Å². The number of methoxy groups -OCH3 is 4. The van der Waals surface area contributed by atoms with Crippen molar-refractivity contribution in [1.29, 1.82) is 0 Å². The number of ketones is 1. The highest BCUT2D eigenvalue weighted by atomic mass is 32.1. The second-order valence-electron chi connectivity index (χ2n) is 8.92. The average molecular weight is 577 g/mol. The number of ether oxygens (including phenoxy) is 5. The van der Waals surface area contributed by atoms with Gasteiger partial charge in [-0.3, -0.25) is 14.5 Å². The van der Waals surface area contributed by atoms with Gasteiger partial charge in [0, 0.05) is 5.56 Å². The van der Waals surface area contributed by atoms with Gasteiger partial charge >= 0.3 is 5.91 Å². The fourth-order valence-corrected chi connectivity index (χ4v) is 5.78. The third-order valence-corrected chi connectivity index (χ3v) is 7.69. The Labute approximate surface area is 240 Å². The minimum Gasteiger partial charge on any atom is -0.507 e. The van der Waals surface area contributed by atoms with Crippen molar-refractivity contribution in [3.63, 3.8) is 0 Å². The molecule has 5 rings (SSSR count). The van der Waals surface area contributed by atoms with Gasteiger partial charge in [0.25, 0.3) is 5.78 Å². The van der Waals surface area contributed by atoms with Crippen molar-refractivity contribution in [3.05, 3.63) is 71.3 Å². The first-order valence-electron chi connectivity index (χ1n) is 12.6. The summed E-state index contributed by atoms with van der Waals surface area (Å²) in [6.07, 6.45) is 0. The molecule has 10 nitrogen and oxygen atoms in total. The number of hydrogen-bond donors (Lipinski definition) is 1. The van der Waals surface area contributed by atoms with Crippen LogP contribution in [0.5, 0.6) is 28.7 Å². The maximum Gasteiger partial charge on any atom is 0.301 e. The maximum atomic E-state index is 13.7. The summed E-state index contributed by atoms with van der Waals surface area (Å²) < 4.78 is 28.2. The Morgan fingerprint density at radius 2 is 1.56 bits per heavy atom. The first kappa shape index (κ1) is 27.8. The molecule has 1 aliphatic rings. The highest BCUT2D eigenvalue weighted by Gasteiger charge is 2.48. The monoisotopic (exact) mass is 576 g/mol. The molecule has 0 radical (unpaired) electrons. The van der Waals surface area contributed by atoms with E-state index < -0.39 is 17.7 Å². The van der Waals surface area contributed by atoms with Crippen LogP contribution in [0, 0.1) is 0 Å². The van der Waals surface area contributed by atoms with Crippen LogP contribution in [-0.4, -0.2) is 56.8 Å². The van der Waals surface area contributed by atoms with E-state index in [1.54, 1.807) is 55.6 Å². The van der Waals surface area contributed by atoms with Crippen molar-refractivity contribution in [2.24, 2.45) is 0 Å². The number of fused-ring (bicyclic) bond motifs is 1. The van der Waals surface area contributed by atoms with Gasteiger partial charge in [0.2, 0.25) is 5.75 Å². The number of hydrogen-bond acceptors (Lipinski definition) is 10. The van der Waals surface area contributed by atoms with E-state index in [-0.39, 0.29) is 16.5 Å². The van der Waals surface area contributed by atoms with E-state index >= 15 is 0 Å². The molecule has 1 N–H and O–H groups in total. The molecule has 1 fully saturated rings. The summed E-state index contributed by atoms with van der Waals surface area (Å²) in [6.45, 7) is 2.34. The number of benzene rings is 3. The molecule has 0 unspecified atom stereocenters. The lowest BCUT2D eigenvalue weighted by molar-refractivity contribution is -0.132. The SMILES string of the molecule is CCOc1ccc(C(O)=C2C(=O)C(=O)N(c3nc4ccc(OC)cc4s3)[C@@H]2c2cc(OC)c(OC)c(OC)c2)cc1. The topological polar surface area (TPSA) is 117 Å². The molecule has 1 saturated heterocycles. The standard InChI is InChI=1S/C30H28N2O8S/c1-6-40-18-9-7-16(8-10-18)26(33)24-25(17-13-21(37-3)28(39-5)22(14-17)38-4)32(29(35)27(24)34)30-31-20-12-11-19(36-2)15-23(20)41-30/h7-15,25,33H,6H2,1-5H3/t25-/m1/s1. The fraction of sp³-hybridized carbons (Fsp3) is 0.233. The van der Waals surface area contributed by atoms with Gasteiger partial charge in [0.05, 0.1) is 56.9 Å². The van der Waals surface area contributed by atoms with Crippen molar-refractivity contribution in [2.45, 2.75) is 13.0 Å². The van der Waals surface area contributed by atoms with Gasteiger partial charge in [-0.15, -0.1) is 0 Å². The highest BCUT2D eigenvalue weighted by molar-refractivity contribution is 7.22. The summed E-state index contributed by atoms with van der Waals surface area (Å²) >= 11 is 1.23. The van der Waals surface area contributed by atoms with Crippen LogP contribution in [0.25, 0.3) is 16.0 Å². The second-order valence-corrected chi connectivity index (χ2v) is 9.92. The third-order valence-electron chi connectivity index (χ3n) is 6.68. The largest absolute Gasteiger partial charge is 0.507 e. The molecule has 0 bridgehead atoms. The molecule has 41 heavy (non-hydrogen) atoms. The van der Waals surface area contributed by atoms with Crippen molar-refractivity contribution in [1.82, 2.24) is 4.98 Å². The normalized spacial score (nSPS) is 16.2. The van der Waals surface area contributed by atoms with Crippen LogP contribution in [-0.2, 0) is 9.59 Å². The summed E-state index contributed by atoms with van der Waals surface area (Å²) in [4.78, 5) is 33.3. The van der Waals surface area contributed by atoms with Gasteiger partial charge in [-0.05, 0) is 67.1 Å². The predicted molar refractivity (Wildman–Crippen MR) is 155 cm³/mol. The van der Waals surface area contributed by atoms with E-state index in [4.69, 9.17) is 23.7 Å². The lowest BCUT2D eigenvalue weighted by Crippen LogP contribution is -2.29. The Morgan fingerprint density at radius 1 is 0.902 bits per heavy atom. The summed E-state index contributed by atoms with van der Waals surface area (Å²) in [5, 5.41) is 11.8. The summed E-state index contributed by atoms with van der Waals surface area (Å²) in [5.74, 6) is 0.200. The van der Waals surface area contributed by atoms with Crippen LogP contribution in [0.2, 0.25) is 0 Å². The van der Waals surface area contributed by atoms with E-state index in [9.17, 15) is 14.7 Å². The number of Topliss-reactive ketones (excluding diaryl/α,β-unsaturated/α-hetero) is 1. The zero-order chi connectivity index (χ0) is 29.3. The van der Waals surface area contributed by atoms with Gasteiger partial charge in [-0.25, -0.2) is 4.98 Å². The number of nitrogens with zero attached hydrogens (tertiary/aromatic N) is 2. The molecule has 4 aromatic rings. The Kier molecular flexibility index (Phi) is 7.71. The molecule has 0 spiro atoms. The molecular formula is C30H28N2O8S. The zero-order valence-corrected chi connectivity index (χ0v) is 23.9. The van der Waals surface area contributed by atoms with Gasteiger partial charge in [0.15, 0.2) is 16.6 Å². The number of aromatic nitrogens is 1. The Hall–Kier alpha value is -4.77. The lowest BCUT2D eigenvalue weighted by Gasteiger charge is -2.24. The van der Waals surface area contributed by atoms with Gasteiger partial charge in [0.1, 0.15) is 17.3 Å². The maximum absolute atomic E-state index is 13.7. The van der Waals surface area contributed by atoms with E-state index in [1.807, 2.05) is 13.0 Å². The molecule has 212 valence electrons. The smallest absolute Gasteiger partial charge is 0.301 e. The molecule has 3 aromatic carbocycles. The van der Waals surface area contributed by atoms with E-state index in [1.165, 1.54) is 37.6 Å². The molecule has 2 heterocycles. The molecule has 1 aliphatic heterocycles. The quantitative estimate of drug-likeness (QED) is 0.160. The van der Waals surface area contributed by atoms with E-state index in [2.05, 4.69) is 4.98 Å². The van der Waals surface area contributed by atoms with E-state index in [0.717, 1.165) is 4.70 Å². The third kappa shape index (κ3) is 4.89. The summed E-state index contributed by atoms with van der Waals surface area (Å²) in [7, 11) is 5.98. The average Bonchev–Trinajstić information content (AvgIpc) is 3.53. The molecule has 1 atom stereocenters. The Bertz CT molecular complexity index is 1640. The minimum atomic E-state index is -1.06. The Balaban J connectivity index is 1.74. The van der Waals surface area contributed by atoms with Crippen molar-refractivity contribution >= 4 is 44.1 Å². The fourth-order valence-electron chi connectivity index (χ4n) is 4.76. The number of amides is 1. The minimum absolute atomic E-state index is 0.106. The lowest BCUT2D eigenvalue weighted by atomic mass is 9.94. The molecule has 0 aliphatic carbocycles. The van der Waals surface area contributed by atoms with Crippen LogP contribution in [0.1, 0.15) is 24.1 Å². The molecule has 0 saturated carbocycles. The number of anilines is 1. The van der Waals surface area contributed by atoms with Crippen molar-refractivity contribution in [2.75, 3.05) is 39.9 Å².